The maximum atomic E-state index is 12.2. The Hall–Kier alpha value is -1.19. The lowest BCUT2D eigenvalue weighted by atomic mass is 10.4. The maximum Gasteiger partial charge on any atom is 0.219 e. The van der Waals surface area contributed by atoms with Gasteiger partial charge >= 0.3 is 0 Å². The standard InChI is InChI=1S/C5H3F2NO/c6-4-1-3(9)2-5(7)8-4/h1-2H,(H,8,9)/i1D,2D. The molecule has 0 aromatic carbocycles. The van der Waals surface area contributed by atoms with Gasteiger partial charge in [0.05, 0.1) is 2.74 Å². The Kier molecular flexibility index (Phi) is 0.823. The summed E-state index contributed by atoms with van der Waals surface area (Å²) >= 11 is 0. The highest BCUT2D eigenvalue weighted by Crippen LogP contribution is 2.08. The van der Waals surface area contributed by atoms with Crippen molar-refractivity contribution in [3.05, 3.63) is 24.0 Å². The molecule has 1 aromatic heterocycles. The third-order valence-electron chi connectivity index (χ3n) is 0.639. The molecule has 0 unspecified atom stereocenters. The molecule has 1 rings (SSSR count). The first-order valence-corrected chi connectivity index (χ1v) is 2.05. The first-order chi connectivity index (χ1) is 5.04. The van der Waals surface area contributed by atoms with E-state index in [4.69, 9.17) is 7.85 Å². The van der Waals surface area contributed by atoms with E-state index in [1.807, 2.05) is 0 Å². The summed E-state index contributed by atoms with van der Waals surface area (Å²) in [7, 11) is 0. The summed E-state index contributed by atoms with van der Waals surface area (Å²) < 4.78 is 37.9. The van der Waals surface area contributed by atoms with Gasteiger partial charge < -0.3 is 5.11 Å². The minimum absolute atomic E-state index is 0.962. The van der Waals surface area contributed by atoms with E-state index >= 15 is 0 Å². The highest BCUT2D eigenvalue weighted by atomic mass is 19.1. The van der Waals surface area contributed by atoms with Crippen LogP contribution >= 0.6 is 0 Å². The van der Waals surface area contributed by atoms with Crippen LogP contribution in [-0.4, -0.2) is 10.1 Å². The molecule has 1 N–H and O–H groups in total. The third kappa shape index (κ3) is 1.35. The Balaban J connectivity index is 3.46. The minimum atomic E-state index is -1.42. The molecule has 0 aliphatic rings. The fraction of sp³-hybridized carbons (Fsp3) is 0. The molecule has 0 amide bonds. The summed E-state index contributed by atoms with van der Waals surface area (Å²) in [5.41, 5.74) is 0. The van der Waals surface area contributed by atoms with Crippen molar-refractivity contribution < 1.29 is 16.6 Å². The maximum absolute atomic E-state index is 12.2. The molecule has 0 saturated heterocycles. The van der Waals surface area contributed by atoms with E-state index in [1.165, 1.54) is 0 Å². The molecule has 2 nitrogen and oxygen atoms in total. The number of rotatable bonds is 0. The van der Waals surface area contributed by atoms with Gasteiger partial charge in [0.25, 0.3) is 0 Å². The zero-order valence-electron chi connectivity index (χ0n) is 6.15. The van der Waals surface area contributed by atoms with Gasteiger partial charge in [0.1, 0.15) is 5.75 Å². The van der Waals surface area contributed by atoms with Gasteiger partial charge in [0, 0.05) is 12.1 Å². The van der Waals surface area contributed by atoms with Crippen LogP contribution in [0.1, 0.15) is 2.74 Å². The molecule has 4 heteroatoms. The zero-order chi connectivity index (χ0) is 8.59. The average molecular weight is 133 g/mol. The highest BCUT2D eigenvalue weighted by Gasteiger charge is 1.97. The lowest BCUT2D eigenvalue weighted by Crippen LogP contribution is -1.85. The van der Waals surface area contributed by atoms with Crippen molar-refractivity contribution in [3.8, 4) is 5.75 Å². The lowest BCUT2D eigenvalue weighted by molar-refractivity contribution is 0.444. The summed E-state index contributed by atoms with van der Waals surface area (Å²) in [6.07, 6.45) is 0. The Morgan fingerprint density at radius 2 is 1.89 bits per heavy atom. The molecular weight excluding hydrogens is 128 g/mol. The second kappa shape index (κ2) is 1.97. The number of nitrogens with zero attached hydrogens (tertiary/aromatic N) is 1. The molecule has 1 aromatic rings. The fourth-order valence-electron chi connectivity index (χ4n) is 0.369. The van der Waals surface area contributed by atoms with Gasteiger partial charge in [-0.25, -0.2) is 0 Å². The Morgan fingerprint density at radius 1 is 1.44 bits per heavy atom. The molecule has 0 radical (unpaired) electrons. The Bertz CT molecular complexity index is 279. The predicted molar refractivity (Wildman–Crippen MR) is 25.8 cm³/mol. The Morgan fingerprint density at radius 3 is 2.33 bits per heavy atom. The summed E-state index contributed by atoms with van der Waals surface area (Å²) in [5, 5.41) is 8.67. The number of pyridine rings is 1. The van der Waals surface area contributed by atoms with Crippen LogP contribution in [-0.2, 0) is 0 Å². The van der Waals surface area contributed by atoms with Gasteiger partial charge in [0.2, 0.25) is 11.9 Å². The van der Waals surface area contributed by atoms with Crippen molar-refractivity contribution in [2.75, 3.05) is 0 Å². The second-order valence-electron chi connectivity index (χ2n) is 1.29. The molecule has 0 aliphatic carbocycles. The van der Waals surface area contributed by atoms with Crippen LogP contribution in [0.25, 0.3) is 0 Å². The van der Waals surface area contributed by atoms with E-state index in [0.29, 0.717) is 0 Å². The third-order valence-corrected chi connectivity index (χ3v) is 0.639. The van der Waals surface area contributed by atoms with Crippen molar-refractivity contribution in [2.45, 2.75) is 0 Å². The van der Waals surface area contributed by atoms with Crippen LogP contribution in [0.2, 0.25) is 0 Å². The summed E-state index contributed by atoms with van der Waals surface area (Å²) in [6, 6.07) is -1.92. The summed E-state index contributed by atoms with van der Waals surface area (Å²) in [5.74, 6) is -3.87. The molecule has 0 atom stereocenters. The number of hydrogen-bond acceptors (Lipinski definition) is 2. The van der Waals surface area contributed by atoms with Gasteiger partial charge in [0.15, 0.2) is 0 Å². The van der Waals surface area contributed by atoms with E-state index in [9.17, 15) is 8.78 Å². The molecule has 9 heavy (non-hydrogen) atoms. The predicted octanol–water partition coefficient (Wildman–Crippen LogP) is 1.07. The van der Waals surface area contributed by atoms with Crippen molar-refractivity contribution in [1.82, 2.24) is 4.98 Å². The van der Waals surface area contributed by atoms with Crippen LogP contribution < -0.4 is 0 Å². The van der Waals surface area contributed by atoms with Gasteiger partial charge in [-0.1, -0.05) is 0 Å². The van der Waals surface area contributed by atoms with Crippen LogP contribution in [0, 0.1) is 11.9 Å². The molecule has 48 valence electrons. The van der Waals surface area contributed by atoms with E-state index in [0.717, 1.165) is 0 Å². The number of aromatic hydroxyl groups is 1. The first-order valence-electron chi connectivity index (χ1n) is 3.05. The molecule has 1 heterocycles. The summed E-state index contributed by atoms with van der Waals surface area (Å²) in [4.78, 5) is 2.57. The molecule has 0 fully saturated rings. The van der Waals surface area contributed by atoms with Crippen LogP contribution in [0.15, 0.2) is 12.1 Å². The van der Waals surface area contributed by atoms with Crippen molar-refractivity contribution in [3.63, 3.8) is 0 Å². The average Bonchev–Trinajstić information content (AvgIpc) is 1.97. The fourth-order valence-corrected chi connectivity index (χ4v) is 0.369. The van der Waals surface area contributed by atoms with Gasteiger partial charge in [-0.15, -0.1) is 0 Å². The molecule has 0 bridgehead atoms. The quantitative estimate of drug-likeness (QED) is 0.537. The molecule has 0 spiro atoms. The monoisotopic (exact) mass is 133 g/mol. The van der Waals surface area contributed by atoms with E-state index < -0.39 is 29.7 Å². The van der Waals surface area contributed by atoms with Crippen LogP contribution in [0.4, 0.5) is 8.78 Å². The molecule has 0 aliphatic heterocycles. The smallest absolute Gasteiger partial charge is 0.219 e. The zero-order valence-corrected chi connectivity index (χ0v) is 4.15. The Labute approximate surface area is 52.6 Å². The summed E-state index contributed by atoms with van der Waals surface area (Å²) in [6.45, 7) is 0. The van der Waals surface area contributed by atoms with Crippen molar-refractivity contribution in [1.29, 1.82) is 0 Å². The van der Waals surface area contributed by atoms with Gasteiger partial charge in [-0.3, -0.25) is 0 Å². The largest absolute Gasteiger partial charge is 0.508 e. The first kappa shape index (κ1) is 3.76. The highest BCUT2D eigenvalue weighted by molar-refractivity contribution is 5.16. The normalized spacial score (nSPS) is 12.7. The number of hydrogen-bond donors (Lipinski definition) is 1. The topological polar surface area (TPSA) is 33.1 Å². The second-order valence-corrected chi connectivity index (χ2v) is 1.29. The SMILES string of the molecule is [2H]c1c(F)nc(F)c([2H])c1O. The van der Waals surface area contributed by atoms with E-state index in [-0.39, 0.29) is 0 Å². The van der Waals surface area contributed by atoms with Gasteiger partial charge in [-0.05, 0) is 0 Å². The van der Waals surface area contributed by atoms with Crippen LogP contribution in [0.5, 0.6) is 5.75 Å². The molecule has 0 saturated carbocycles. The van der Waals surface area contributed by atoms with Gasteiger partial charge in [-0.2, -0.15) is 13.8 Å². The van der Waals surface area contributed by atoms with Crippen LogP contribution in [0.3, 0.4) is 0 Å². The van der Waals surface area contributed by atoms with E-state index in [2.05, 4.69) is 4.98 Å². The van der Waals surface area contributed by atoms with E-state index in [1.54, 1.807) is 0 Å². The number of aromatic nitrogens is 1. The lowest BCUT2D eigenvalue weighted by Gasteiger charge is -1.89. The van der Waals surface area contributed by atoms with Crippen molar-refractivity contribution >= 4 is 0 Å². The molecular formula is C5H3F2NO. The minimum Gasteiger partial charge on any atom is -0.508 e. The van der Waals surface area contributed by atoms with Crippen molar-refractivity contribution in [2.24, 2.45) is 0 Å². The number of halogens is 2.